The molecule has 0 radical (unpaired) electrons. The van der Waals surface area contributed by atoms with Crippen LogP contribution in [0.4, 0.5) is 0 Å². The molecule has 4 aromatic carbocycles. The van der Waals surface area contributed by atoms with E-state index >= 15 is 0 Å². The monoisotopic (exact) mass is 332 g/mol. The normalized spacial score (nSPS) is 11.1. The minimum atomic E-state index is 0.919. The Hall–Kier alpha value is -3.26. The molecule has 0 saturated heterocycles. The molecule has 0 fully saturated rings. The third kappa shape index (κ3) is 1.91. The maximum absolute atomic E-state index is 5.94. The van der Waals surface area contributed by atoms with Gasteiger partial charge in [0, 0.05) is 21.2 Å². The molecule has 0 bridgehead atoms. The number of rotatable bonds is 0. The van der Waals surface area contributed by atoms with Crippen LogP contribution < -0.4 is 0 Å². The molecule has 0 aliphatic rings. The van der Waals surface area contributed by atoms with Crippen LogP contribution in [-0.2, 0) is 0 Å². The van der Waals surface area contributed by atoms with Crippen LogP contribution in [0.15, 0.2) is 60.0 Å². The zero-order valence-corrected chi connectivity index (χ0v) is 14.2. The van der Waals surface area contributed by atoms with Gasteiger partial charge in [0.05, 0.1) is 0 Å². The molecule has 0 N–H and O–H groups in total. The summed E-state index contributed by atoms with van der Waals surface area (Å²) in [7, 11) is 0. The first-order valence-corrected chi connectivity index (χ1v) is 8.91. The highest BCUT2D eigenvalue weighted by molar-refractivity contribution is 7.17. The van der Waals surface area contributed by atoms with Gasteiger partial charge in [-0.1, -0.05) is 36.1 Å². The number of terminal acetylenes is 2. The molecule has 0 aliphatic heterocycles. The van der Waals surface area contributed by atoms with Gasteiger partial charge in [-0.25, -0.2) is 0 Å². The highest BCUT2D eigenvalue weighted by atomic mass is 32.1. The molecule has 0 unspecified atom stereocenters. The highest BCUT2D eigenvalue weighted by Crippen LogP contribution is 2.37. The lowest BCUT2D eigenvalue weighted by Gasteiger charge is -2.12. The molecule has 0 aliphatic carbocycles. The zero-order chi connectivity index (χ0) is 17.0. The van der Waals surface area contributed by atoms with Crippen molar-refractivity contribution in [2.45, 2.75) is 0 Å². The van der Waals surface area contributed by atoms with E-state index in [2.05, 4.69) is 59.7 Å². The maximum Gasteiger partial charge on any atom is 0.0401 e. The Kier molecular flexibility index (Phi) is 2.89. The van der Waals surface area contributed by atoms with E-state index in [0.717, 1.165) is 32.7 Å². The average molecular weight is 332 g/mol. The predicted molar refractivity (Wildman–Crippen MR) is 110 cm³/mol. The lowest BCUT2D eigenvalue weighted by Crippen LogP contribution is -1.90. The Balaban J connectivity index is 2.13. The quantitative estimate of drug-likeness (QED) is 0.230. The zero-order valence-electron chi connectivity index (χ0n) is 13.3. The summed E-state index contributed by atoms with van der Waals surface area (Å²) < 4.78 is 1.23. The highest BCUT2D eigenvalue weighted by Gasteiger charge is 2.14. The van der Waals surface area contributed by atoms with Gasteiger partial charge >= 0.3 is 0 Å². The third-order valence-corrected chi connectivity index (χ3v) is 5.72. The van der Waals surface area contributed by atoms with Crippen molar-refractivity contribution in [2.75, 3.05) is 0 Å². The van der Waals surface area contributed by atoms with Crippen LogP contribution in [0, 0.1) is 24.7 Å². The van der Waals surface area contributed by atoms with Gasteiger partial charge in [-0.3, -0.25) is 0 Å². The van der Waals surface area contributed by atoms with Gasteiger partial charge in [0.2, 0.25) is 0 Å². The standard InChI is InChI=1S/C24H12S/c1-3-18-20-11-15-7-5-6-8-16(15)12-21(20)19(4-2)23-14-24-17(9-10-25-24)13-22(18)23/h1-2,5-14H. The van der Waals surface area contributed by atoms with E-state index < -0.39 is 0 Å². The Morgan fingerprint density at radius 1 is 0.640 bits per heavy atom. The average Bonchev–Trinajstić information content (AvgIpc) is 3.10. The molecule has 5 rings (SSSR count). The van der Waals surface area contributed by atoms with Gasteiger partial charge in [0.25, 0.3) is 0 Å². The molecule has 0 amide bonds. The van der Waals surface area contributed by atoms with Gasteiger partial charge in [-0.15, -0.1) is 24.2 Å². The largest absolute Gasteiger partial charge is 0.144 e. The van der Waals surface area contributed by atoms with E-state index in [1.807, 2.05) is 12.1 Å². The molecule has 0 nitrogen and oxygen atoms in total. The van der Waals surface area contributed by atoms with E-state index in [9.17, 15) is 0 Å². The summed E-state index contributed by atoms with van der Waals surface area (Å²) in [4.78, 5) is 0. The fourth-order valence-electron chi connectivity index (χ4n) is 3.68. The third-order valence-electron chi connectivity index (χ3n) is 4.84. The molecule has 1 heteroatoms. The van der Waals surface area contributed by atoms with Crippen molar-refractivity contribution in [3.8, 4) is 24.7 Å². The van der Waals surface area contributed by atoms with Gasteiger partial charge in [-0.2, -0.15) is 0 Å². The Morgan fingerprint density at radius 2 is 1.16 bits per heavy atom. The lowest BCUT2D eigenvalue weighted by molar-refractivity contribution is 1.76. The molecule has 1 aromatic heterocycles. The minimum Gasteiger partial charge on any atom is -0.144 e. The van der Waals surface area contributed by atoms with E-state index in [1.54, 1.807) is 11.3 Å². The Morgan fingerprint density at radius 3 is 1.72 bits per heavy atom. The first kappa shape index (κ1) is 14.1. The van der Waals surface area contributed by atoms with Crippen LogP contribution >= 0.6 is 11.3 Å². The molecule has 0 spiro atoms. The molecule has 0 atom stereocenters. The molecule has 1 heterocycles. The number of thiophene rings is 1. The van der Waals surface area contributed by atoms with Crippen LogP contribution in [0.5, 0.6) is 0 Å². The van der Waals surface area contributed by atoms with Crippen LogP contribution in [0.2, 0.25) is 0 Å². The minimum absolute atomic E-state index is 0.919. The second kappa shape index (κ2) is 5.12. The molecule has 25 heavy (non-hydrogen) atoms. The van der Waals surface area contributed by atoms with Crippen molar-refractivity contribution >= 4 is 53.7 Å². The fourth-order valence-corrected chi connectivity index (χ4v) is 4.49. The van der Waals surface area contributed by atoms with E-state index in [4.69, 9.17) is 12.8 Å². The molecule has 114 valence electrons. The summed E-state index contributed by atoms with van der Waals surface area (Å²) >= 11 is 1.72. The van der Waals surface area contributed by atoms with E-state index in [0.29, 0.717) is 0 Å². The first-order chi connectivity index (χ1) is 12.3. The Bertz CT molecular complexity index is 1300. The van der Waals surface area contributed by atoms with Crippen LogP contribution in [-0.4, -0.2) is 0 Å². The SMILES string of the molecule is C#Cc1c2cc3ccccc3cc2c(C#C)c2cc3sccc3cc12. The van der Waals surface area contributed by atoms with E-state index in [1.165, 1.54) is 20.9 Å². The van der Waals surface area contributed by atoms with Gasteiger partial charge in [0.1, 0.15) is 0 Å². The van der Waals surface area contributed by atoms with Crippen molar-refractivity contribution in [1.29, 1.82) is 0 Å². The first-order valence-electron chi connectivity index (χ1n) is 8.03. The number of hydrogen-bond acceptors (Lipinski definition) is 1. The van der Waals surface area contributed by atoms with Crippen molar-refractivity contribution < 1.29 is 0 Å². The number of benzene rings is 4. The van der Waals surface area contributed by atoms with Crippen molar-refractivity contribution in [3.63, 3.8) is 0 Å². The molecular weight excluding hydrogens is 320 g/mol. The fraction of sp³-hybridized carbons (Fsp3) is 0. The van der Waals surface area contributed by atoms with Crippen LogP contribution in [0.3, 0.4) is 0 Å². The van der Waals surface area contributed by atoms with Crippen molar-refractivity contribution in [3.05, 3.63) is 71.1 Å². The number of hydrogen-bond donors (Lipinski definition) is 0. The Labute approximate surface area is 149 Å². The summed E-state index contributed by atoms with van der Waals surface area (Å²) in [5.74, 6) is 5.84. The summed E-state index contributed by atoms with van der Waals surface area (Å²) in [5, 5.41) is 9.88. The topological polar surface area (TPSA) is 0 Å². The van der Waals surface area contributed by atoms with Gasteiger partial charge < -0.3 is 0 Å². The van der Waals surface area contributed by atoms with Crippen LogP contribution in [0.1, 0.15) is 11.1 Å². The maximum atomic E-state index is 5.94. The summed E-state index contributed by atoms with van der Waals surface area (Å²) in [6.45, 7) is 0. The second-order valence-electron chi connectivity index (χ2n) is 6.14. The summed E-state index contributed by atoms with van der Waals surface area (Å²) in [5.41, 5.74) is 1.84. The molecule has 0 saturated carbocycles. The second-order valence-corrected chi connectivity index (χ2v) is 7.09. The molecular formula is C24H12S. The van der Waals surface area contributed by atoms with Crippen LogP contribution in [0.25, 0.3) is 42.4 Å². The summed E-state index contributed by atoms with van der Waals surface area (Å²) in [6.07, 6.45) is 11.9. The van der Waals surface area contributed by atoms with E-state index in [-0.39, 0.29) is 0 Å². The van der Waals surface area contributed by atoms with Gasteiger partial charge in [-0.05, 0) is 68.0 Å². The predicted octanol–water partition coefficient (Wildman–Crippen LogP) is 6.32. The summed E-state index contributed by atoms with van der Waals surface area (Å²) in [6, 6.07) is 19.1. The van der Waals surface area contributed by atoms with Crippen molar-refractivity contribution in [2.24, 2.45) is 0 Å². The smallest absolute Gasteiger partial charge is 0.0401 e. The molecule has 5 aromatic rings. The van der Waals surface area contributed by atoms with Gasteiger partial charge in [0.15, 0.2) is 0 Å². The lowest BCUT2D eigenvalue weighted by atomic mass is 9.90. The van der Waals surface area contributed by atoms with Crippen molar-refractivity contribution in [1.82, 2.24) is 0 Å². The number of fused-ring (bicyclic) bond motifs is 4.